The van der Waals surface area contributed by atoms with Crippen LogP contribution in [0.25, 0.3) is 0 Å². The molecule has 1 aromatic rings. The molecule has 0 saturated heterocycles. The van der Waals surface area contributed by atoms with E-state index in [1.165, 1.54) is 0 Å². The summed E-state index contributed by atoms with van der Waals surface area (Å²) in [6.45, 7) is 6.19. The van der Waals surface area contributed by atoms with E-state index in [1.807, 2.05) is 19.1 Å². The first kappa shape index (κ1) is 16.5. The molecule has 0 spiro atoms. The number of hydrogen-bond donors (Lipinski definition) is 0. The molecule has 1 aromatic carbocycles. The van der Waals surface area contributed by atoms with Gasteiger partial charge in [0.1, 0.15) is 0 Å². The highest BCUT2D eigenvalue weighted by Gasteiger charge is 2.22. The third-order valence-corrected chi connectivity index (χ3v) is 3.64. The van der Waals surface area contributed by atoms with E-state index in [0.29, 0.717) is 11.5 Å². The highest BCUT2D eigenvalue weighted by Crippen LogP contribution is 2.32. The molecule has 0 saturated carbocycles. The number of rotatable bonds is 8. The Morgan fingerprint density at radius 3 is 2.00 bits per heavy atom. The van der Waals surface area contributed by atoms with Crippen molar-refractivity contribution in [1.29, 1.82) is 0 Å². The van der Waals surface area contributed by atoms with E-state index in [4.69, 9.17) is 9.47 Å². The van der Waals surface area contributed by atoms with Gasteiger partial charge >= 0.3 is 0 Å². The topological polar surface area (TPSA) is 35.5 Å². The first-order valence-corrected chi connectivity index (χ1v) is 7.35. The second kappa shape index (κ2) is 7.93. The summed E-state index contributed by atoms with van der Waals surface area (Å²) < 4.78 is 10.6. The van der Waals surface area contributed by atoms with Crippen molar-refractivity contribution in [2.24, 2.45) is 5.92 Å². The minimum atomic E-state index is 0.113. The quantitative estimate of drug-likeness (QED) is 0.661. The normalized spacial score (nSPS) is 10.7. The first-order valence-electron chi connectivity index (χ1n) is 7.35. The maximum atomic E-state index is 12.7. The van der Waals surface area contributed by atoms with Gasteiger partial charge in [-0.1, -0.05) is 26.7 Å². The average Bonchev–Trinajstić information content (AvgIpc) is 2.46. The van der Waals surface area contributed by atoms with Gasteiger partial charge < -0.3 is 9.47 Å². The van der Waals surface area contributed by atoms with Gasteiger partial charge in [-0.15, -0.1) is 0 Å². The summed E-state index contributed by atoms with van der Waals surface area (Å²) in [5.41, 5.74) is 1.71. The molecule has 0 fully saturated rings. The van der Waals surface area contributed by atoms with Crippen LogP contribution < -0.4 is 9.47 Å². The molecule has 0 aliphatic heterocycles. The number of Topliss-reactive ketones (excluding diaryl/α,β-unsaturated/α-hetero) is 1. The number of carbonyl (C=O) groups is 1. The Morgan fingerprint density at radius 2 is 1.55 bits per heavy atom. The molecule has 0 bridgehead atoms. The maximum Gasteiger partial charge on any atom is 0.166 e. The van der Waals surface area contributed by atoms with E-state index < -0.39 is 0 Å². The molecule has 0 unspecified atom stereocenters. The highest BCUT2D eigenvalue weighted by molar-refractivity contribution is 5.99. The SMILES string of the molecule is CCCC(CCC)C(=O)c1cc(OC)c(OC)cc1C. The first-order chi connectivity index (χ1) is 9.58. The summed E-state index contributed by atoms with van der Waals surface area (Å²) in [5.74, 6) is 1.63. The fourth-order valence-corrected chi connectivity index (χ4v) is 2.57. The molecule has 3 heteroatoms. The Balaban J connectivity index is 3.13. The van der Waals surface area contributed by atoms with Crippen molar-refractivity contribution in [3.05, 3.63) is 23.3 Å². The fourth-order valence-electron chi connectivity index (χ4n) is 2.57. The number of methoxy groups -OCH3 is 2. The van der Waals surface area contributed by atoms with Gasteiger partial charge in [0, 0.05) is 11.5 Å². The van der Waals surface area contributed by atoms with Gasteiger partial charge in [-0.2, -0.15) is 0 Å². The van der Waals surface area contributed by atoms with Crippen LogP contribution in [-0.2, 0) is 0 Å². The number of hydrogen-bond acceptors (Lipinski definition) is 3. The molecule has 0 aromatic heterocycles. The Labute approximate surface area is 122 Å². The molecular weight excluding hydrogens is 252 g/mol. The van der Waals surface area contributed by atoms with Gasteiger partial charge in [0.05, 0.1) is 14.2 Å². The number of aryl methyl sites for hydroxylation is 1. The monoisotopic (exact) mass is 278 g/mol. The number of carbonyl (C=O) groups excluding carboxylic acids is 1. The van der Waals surface area contributed by atoms with Crippen LogP contribution in [0.1, 0.15) is 55.5 Å². The van der Waals surface area contributed by atoms with E-state index in [9.17, 15) is 4.79 Å². The standard InChI is InChI=1S/C17H26O3/c1-6-8-13(9-7-2)17(18)14-11-16(20-5)15(19-4)10-12(14)3/h10-11,13H,6-9H2,1-5H3. The van der Waals surface area contributed by atoms with Crippen molar-refractivity contribution in [2.45, 2.75) is 46.5 Å². The molecule has 0 amide bonds. The summed E-state index contributed by atoms with van der Waals surface area (Å²) in [4.78, 5) is 12.7. The Morgan fingerprint density at radius 1 is 1.05 bits per heavy atom. The smallest absolute Gasteiger partial charge is 0.166 e. The third kappa shape index (κ3) is 3.75. The molecule has 20 heavy (non-hydrogen) atoms. The second-order valence-electron chi connectivity index (χ2n) is 5.16. The summed E-state index contributed by atoms with van der Waals surface area (Å²) in [5, 5.41) is 0. The molecule has 0 radical (unpaired) electrons. The van der Waals surface area contributed by atoms with E-state index in [1.54, 1.807) is 14.2 Å². The Hall–Kier alpha value is -1.51. The third-order valence-electron chi connectivity index (χ3n) is 3.64. The predicted molar refractivity (Wildman–Crippen MR) is 81.9 cm³/mol. The molecule has 0 aliphatic rings. The van der Waals surface area contributed by atoms with Crippen molar-refractivity contribution < 1.29 is 14.3 Å². The van der Waals surface area contributed by atoms with Crippen LogP contribution in [0.15, 0.2) is 12.1 Å². The van der Waals surface area contributed by atoms with Gasteiger partial charge in [0.2, 0.25) is 0 Å². The van der Waals surface area contributed by atoms with E-state index >= 15 is 0 Å². The molecule has 0 aliphatic carbocycles. The zero-order chi connectivity index (χ0) is 15.1. The lowest BCUT2D eigenvalue weighted by molar-refractivity contribution is 0.0904. The minimum absolute atomic E-state index is 0.113. The zero-order valence-corrected chi connectivity index (χ0v) is 13.3. The van der Waals surface area contributed by atoms with Gasteiger partial charge in [0.25, 0.3) is 0 Å². The van der Waals surface area contributed by atoms with Crippen LogP contribution >= 0.6 is 0 Å². The average molecular weight is 278 g/mol. The van der Waals surface area contributed by atoms with Crippen LogP contribution in [-0.4, -0.2) is 20.0 Å². The fraction of sp³-hybridized carbons (Fsp3) is 0.588. The van der Waals surface area contributed by atoms with Gasteiger partial charge in [-0.05, 0) is 37.5 Å². The molecule has 0 heterocycles. The van der Waals surface area contributed by atoms with Crippen LogP contribution in [0.3, 0.4) is 0 Å². The Kier molecular flexibility index (Phi) is 6.56. The highest BCUT2D eigenvalue weighted by atomic mass is 16.5. The van der Waals surface area contributed by atoms with Crippen molar-refractivity contribution >= 4 is 5.78 Å². The van der Waals surface area contributed by atoms with Crippen molar-refractivity contribution in [1.82, 2.24) is 0 Å². The lowest BCUT2D eigenvalue weighted by Gasteiger charge is -2.17. The number of ether oxygens (including phenoxy) is 2. The van der Waals surface area contributed by atoms with Gasteiger partial charge in [-0.25, -0.2) is 0 Å². The molecule has 112 valence electrons. The van der Waals surface area contributed by atoms with E-state index in [2.05, 4.69) is 13.8 Å². The summed E-state index contributed by atoms with van der Waals surface area (Å²) in [7, 11) is 3.20. The summed E-state index contributed by atoms with van der Waals surface area (Å²) >= 11 is 0. The van der Waals surface area contributed by atoms with E-state index in [0.717, 1.165) is 36.8 Å². The minimum Gasteiger partial charge on any atom is -0.493 e. The van der Waals surface area contributed by atoms with Crippen LogP contribution in [0.5, 0.6) is 11.5 Å². The predicted octanol–water partition coefficient (Wildman–Crippen LogP) is 4.41. The number of ketones is 1. The molecule has 3 nitrogen and oxygen atoms in total. The summed E-state index contributed by atoms with van der Waals surface area (Å²) in [6.07, 6.45) is 3.95. The lowest BCUT2D eigenvalue weighted by atomic mass is 9.88. The van der Waals surface area contributed by atoms with Crippen LogP contribution in [0.4, 0.5) is 0 Å². The van der Waals surface area contributed by atoms with Crippen molar-refractivity contribution in [3.63, 3.8) is 0 Å². The van der Waals surface area contributed by atoms with Crippen LogP contribution in [0, 0.1) is 12.8 Å². The maximum absolute atomic E-state index is 12.7. The van der Waals surface area contributed by atoms with Gasteiger partial charge in [-0.3, -0.25) is 4.79 Å². The summed E-state index contributed by atoms with van der Waals surface area (Å²) in [6, 6.07) is 3.69. The largest absolute Gasteiger partial charge is 0.493 e. The van der Waals surface area contributed by atoms with Gasteiger partial charge in [0.15, 0.2) is 17.3 Å². The molecule has 1 rings (SSSR count). The molecule has 0 N–H and O–H groups in total. The molecule has 0 atom stereocenters. The second-order valence-corrected chi connectivity index (χ2v) is 5.16. The van der Waals surface area contributed by atoms with Crippen molar-refractivity contribution in [2.75, 3.05) is 14.2 Å². The number of benzene rings is 1. The van der Waals surface area contributed by atoms with E-state index in [-0.39, 0.29) is 11.7 Å². The molecular formula is C17H26O3. The lowest BCUT2D eigenvalue weighted by Crippen LogP contribution is -2.16. The van der Waals surface area contributed by atoms with Crippen molar-refractivity contribution in [3.8, 4) is 11.5 Å². The Bertz CT molecular complexity index is 446. The zero-order valence-electron chi connectivity index (χ0n) is 13.3. The van der Waals surface area contributed by atoms with Crippen LogP contribution in [0.2, 0.25) is 0 Å².